The fourth-order valence-corrected chi connectivity index (χ4v) is 3.57. The number of ether oxygens (including phenoxy) is 1. The fraction of sp³-hybridized carbons (Fsp3) is 0.0526. The number of hydrogen-bond donors (Lipinski definition) is 2. The van der Waals surface area contributed by atoms with Crippen molar-refractivity contribution in [2.24, 2.45) is 4.99 Å². The van der Waals surface area contributed by atoms with Gasteiger partial charge in [-0.15, -0.1) is 0 Å². The number of rotatable bonds is 4. The molecule has 3 aromatic rings. The van der Waals surface area contributed by atoms with Crippen LogP contribution in [-0.2, 0) is 6.54 Å². The molecule has 4 rings (SSSR count). The Labute approximate surface area is 175 Å². The molecule has 9 heteroatoms. The van der Waals surface area contributed by atoms with Crippen molar-refractivity contribution in [1.82, 2.24) is 9.71 Å². The van der Waals surface area contributed by atoms with Crippen molar-refractivity contribution < 1.29 is 9.13 Å². The lowest BCUT2D eigenvalue weighted by atomic mass is 10.2. The molecule has 28 heavy (non-hydrogen) atoms. The third-order valence-corrected chi connectivity index (χ3v) is 5.26. The first-order chi connectivity index (χ1) is 13.6. The summed E-state index contributed by atoms with van der Waals surface area (Å²) in [6.07, 6.45) is 0. The number of nitrogens with one attached hydrogen (secondary N) is 2. The van der Waals surface area contributed by atoms with E-state index < -0.39 is 5.95 Å². The van der Waals surface area contributed by atoms with Crippen LogP contribution in [-0.4, -0.2) is 10.9 Å². The van der Waals surface area contributed by atoms with Gasteiger partial charge in [0.15, 0.2) is 5.75 Å². The van der Waals surface area contributed by atoms with Crippen LogP contribution in [0.1, 0.15) is 5.69 Å². The number of hydrogen-bond acceptors (Lipinski definition) is 4. The largest absolute Gasteiger partial charge is 0.452 e. The molecule has 1 aliphatic rings. The molecule has 2 heterocycles. The van der Waals surface area contributed by atoms with Crippen LogP contribution in [0, 0.1) is 5.95 Å². The van der Waals surface area contributed by atoms with Crippen molar-refractivity contribution in [1.29, 1.82) is 0 Å². The van der Waals surface area contributed by atoms with E-state index in [1.165, 1.54) is 18.0 Å². The summed E-state index contributed by atoms with van der Waals surface area (Å²) in [5.41, 5.74) is 1.19. The number of aromatic nitrogens is 1. The summed E-state index contributed by atoms with van der Waals surface area (Å²) >= 11 is 13.9. The molecule has 1 aromatic heterocycles. The van der Waals surface area contributed by atoms with Crippen molar-refractivity contribution in [2.75, 3.05) is 5.32 Å². The number of para-hydroxylation sites is 1. The Morgan fingerprint density at radius 1 is 1.04 bits per heavy atom. The van der Waals surface area contributed by atoms with Gasteiger partial charge in [-0.2, -0.15) is 4.39 Å². The third kappa shape index (κ3) is 4.16. The van der Waals surface area contributed by atoms with Gasteiger partial charge >= 0.3 is 0 Å². The number of guanidine groups is 1. The van der Waals surface area contributed by atoms with Gasteiger partial charge in [-0.3, -0.25) is 4.72 Å². The summed E-state index contributed by atoms with van der Waals surface area (Å²) in [7, 11) is 0. The van der Waals surface area contributed by atoms with Crippen LogP contribution in [0.2, 0.25) is 10.0 Å². The van der Waals surface area contributed by atoms with Gasteiger partial charge in [-0.25, -0.2) is 9.98 Å². The average molecular weight is 435 g/mol. The number of anilines is 1. The minimum absolute atomic E-state index is 0.213. The second kappa shape index (κ2) is 8.26. The van der Waals surface area contributed by atoms with Gasteiger partial charge in [0.25, 0.3) is 0 Å². The van der Waals surface area contributed by atoms with Crippen LogP contribution in [0.5, 0.6) is 11.5 Å². The molecule has 0 amide bonds. The summed E-state index contributed by atoms with van der Waals surface area (Å²) < 4.78 is 22.3. The topological polar surface area (TPSA) is 58.5 Å². The maximum Gasteiger partial charge on any atom is 0.213 e. The van der Waals surface area contributed by atoms with Crippen molar-refractivity contribution in [3.05, 3.63) is 76.3 Å². The van der Waals surface area contributed by atoms with Crippen molar-refractivity contribution in [3.63, 3.8) is 0 Å². The van der Waals surface area contributed by atoms with E-state index in [4.69, 9.17) is 27.9 Å². The van der Waals surface area contributed by atoms with E-state index in [-0.39, 0.29) is 6.54 Å². The number of fused-ring (bicyclic) bond motifs is 1. The molecule has 1 aliphatic heterocycles. The quantitative estimate of drug-likeness (QED) is 0.395. The normalized spacial score (nSPS) is 14.2. The van der Waals surface area contributed by atoms with Crippen LogP contribution in [0.25, 0.3) is 0 Å². The van der Waals surface area contributed by atoms with E-state index in [1.807, 2.05) is 18.2 Å². The zero-order valence-electron chi connectivity index (χ0n) is 14.2. The first-order valence-corrected chi connectivity index (χ1v) is 9.78. The third-order valence-electron chi connectivity index (χ3n) is 3.79. The first-order valence-electron chi connectivity index (χ1n) is 8.21. The van der Waals surface area contributed by atoms with Gasteiger partial charge in [-0.1, -0.05) is 41.4 Å². The summed E-state index contributed by atoms with van der Waals surface area (Å²) in [6.45, 7) is 0.213. The van der Waals surface area contributed by atoms with E-state index in [1.54, 1.807) is 30.3 Å². The molecule has 0 unspecified atom stereocenters. The van der Waals surface area contributed by atoms with E-state index >= 15 is 0 Å². The summed E-state index contributed by atoms with van der Waals surface area (Å²) in [5.74, 6) is 0.879. The maximum atomic E-state index is 13.2. The molecular formula is C19H13Cl2FN4OS. The zero-order chi connectivity index (χ0) is 19.5. The van der Waals surface area contributed by atoms with Crippen LogP contribution in [0.3, 0.4) is 0 Å². The van der Waals surface area contributed by atoms with E-state index in [0.717, 1.165) is 4.90 Å². The van der Waals surface area contributed by atoms with E-state index in [2.05, 4.69) is 20.0 Å². The van der Waals surface area contributed by atoms with Crippen LogP contribution in [0.4, 0.5) is 10.1 Å². The van der Waals surface area contributed by atoms with Gasteiger partial charge in [0.1, 0.15) is 11.4 Å². The molecule has 0 aliphatic carbocycles. The van der Waals surface area contributed by atoms with E-state index in [0.29, 0.717) is 38.9 Å². The highest BCUT2D eigenvalue weighted by Gasteiger charge is 2.22. The molecule has 142 valence electrons. The Balaban J connectivity index is 1.61. The zero-order valence-corrected chi connectivity index (χ0v) is 16.6. The lowest BCUT2D eigenvalue weighted by Crippen LogP contribution is -2.29. The van der Waals surface area contributed by atoms with Crippen LogP contribution < -0.4 is 14.8 Å². The van der Waals surface area contributed by atoms with Gasteiger partial charge < -0.3 is 10.1 Å². The second-order valence-corrected chi connectivity index (χ2v) is 7.39. The molecule has 0 fully saturated rings. The molecule has 0 saturated carbocycles. The van der Waals surface area contributed by atoms with Gasteiger partial charge in [-0.05, 0) is 48.3 Å². The first kappa shape index (κ1) is 18.9. The molecule has 0 atom stereocenters. The number of halogens is 3. The minimum atomic E-state index is -0.538. The molecule has 0 spiro atoms. The van der Waals surface area contributed by atoms with Gasteiger partial charge in [0, 0.05) is 0 Å². The second-order valence-electron chi connectivity index (χ2n) is 5.73. The Bertz CT molecular complexity index is 1060. The monoisotopic (exact) mass is 434 g/mol. The molecule has 2 N–H and O–H groups in total. The van der Waals surface area contributed by atoms with Crippen LogP contribution >= 0.6 is 35.1 Å². The molecule has 5 nitrogen and oxygen atoms in total. The SMILES string of the molecule is Fc1cccc(CN=C2NSc3ccc(Cl)c(Oc4ccccc4Cl)c3N2)n1. The maximum absolute atomic E-state index is 13.2. The predicted octanol–water partition coefficient (Wildman–Crippen LogP) is 5.90. The lowest BCUT2D eigenvalue weighted by molar-refractivity contribution is 0.484. The highest BCUT2D eigenvalue weighted by Crippen LogP contribution is 2.44. The van der Waals surface area contributed by atoms with Crippen LogP contribution in [0.15, 0.2) is 64.5 Å². The molecule has 2 aromatic carbocycles. The highest BCUT2D eigenvalue weighted by atomic mass is 35.5. The number of benzene rings is 2. The molecule has 0 bridgehead atoms. The van der Waals surface area contributed by atoms with Gasteiger partial charge in [0.05, 0.1) is 27.2 Å². The predicted molar refractivity (Wildman–Crippen MR) is 111 cm³/mol. The van der Waals surface area contributed by atoms with Crippen molar-refractivity contribution >= 4 is 46.8 Å². The smallest absolute Gasteiger partial charge is 0.213 e. The molecule has 0 saturated heterocycles. The van der Waals surface area contributed by atoms with Gasteiger partial charge in [0.2, 0.25) is 11.9 Å². The molecular weight excluding hydrogens is 422 g/mol. The summed E-state index contributed by atoms with van der Waals surface area (Å²) in [5, 5.41) is 4.08. The average Bonchev–Trinajstić information content (AvgIpc) is 2.70. The summed E-state index contributed by atoms with van der Waals surface area (Å²) in [6, 6.07) is 15.4. The Kier molecular flexibility index (Phi) is 5.57. The molecule has 0 radical (unpaired) electrons. The van der Waals surface area contributed by atoms with E-state index in [9.17, 15) is 4.39 Å². The van der Waals surface area contributed by atoms with Crippen molar-refractivity contribution in [2.45, 2.75) is 11.4 Å². The lowest BCUT2D eigenvalue weighted by Gasteiger charge is -2.23. The number of pyridine rings is 1. The van der Waals surface area contributed by atoms with Crippen molar-refractivity contribution in [3.8, 4) is 11.5 Å². The Morgan fingerprint density at radius 2 is 1.89 bits per heavy atom. The number of aliphatic imine (C=N–C) groups is 1. The fourth-order valence-electron chi connectivity index (χ4n) is 2.50. The Hall–Kier alpha value is -2.48. The summed E-state index contributed by atoms with van der Waals surface area (Å²) in [4.78, 5) is 9.09. The minimum Gasteiger partial charge on any atom is -0.452 e. The highest BCUT2D eigenvalue weighted by molar-refractivity contribution is 7.98. The Morgan fingerprint density at radius 3 is 2.71 bits per heavy atom. The number of nitrogens with zero attached hydrogens (tertiary/aromatic N) is 2. The standard InChI is InChI=1S/C19H13Cl2FN4OS/c20-12-5-1-2-6-14(12)27-18-13(21)8-9-15-17(18)25-19(26-28-15)23-10-11-4-3-7-16(22)24-11/h1-9H,10H2,(H2,23,25,26).